The fourth-order valence-corrected chi connectivity index (χ4v) is 2.73. The SMILES string of the molecule is CC(C)CCNC(=O)[C@]1(C)CCC(=O)N1Cc1cccnc1. The number of pyridine rings is 1. The fraction of sp³-hybridized carbons (Fsp3) is 0.588. The normalized spacial score (nSPS) is 21.5. The van der Waals surface area contributed by atoms with Crippen LogP contribution in [0, 0.1) is 5.92 Å². The molecule has 1 aliphatic heterocycles. The van der Waals surface area contributed by atoms with E-state index in [0.717, 1.165) is 12.0 Å². The third-order valence-corrected chi connectivity index (χ3v) is 4.28. The van der Waals surface area contributed by atoms with Gasteiger partial charge >= 0.3 is 0 Å². The molecular weight excluding hydrogens is 278 g/mol. The van der Waals surface area contributed by atoms with Crippen molar-refractivity contribution in [3.05, 3.63) is 30.1 Å². The zero-order chi connectivity index (χ0) is 16.2. The van der Waals surface area contributed by atoms with Crippen LogP contribution in [0.1, 0.15) is 45.6 Å². The molecule has 0 radical (unpaired) electrons. The Kier molecular flexibility index (Phi) is 5.16. The first-order chi connectivity index (χ1) is 10.4. The van der Waals surface area contributed by atoms with Crippen molar-refractivity contribution in [3.63, 3.8) is 0 Å². The summed E-state index contributed by atoms with van der Waals surface area (Å²) in [5.74, 6) is 0.526. The molecule has 5 heteroatoms. The van der Waals surface area contributed by atoms with Gasteiger partial charge in [-0.3, -0.25) is 14.6 Å². The van der Waals surface area contributed by atoms with Gasteiger partial charge in [-0.1, -0.05) is 19.9 Å². The average molecular weight is 303 g/mol. The molecule has 0 spiro atoms. The van der Waals surface area contributed by atoms with E-state index < -0.39 is 5.54 Å². The molecule has 0 aliphatic carbocycles. The minimum absolute atomic E-state index is 0.0327. The average Bonchev–Trinajstić information content (AvgIpc) is 2.77. The molecule has 5 nitrogen and oxygen atoms in total. The Balaban J connectivity index is 2.06. The molecule has 1 aromatic rings. The summed E-state index contributed by atoms with van der Waals surface area (Å²) in [6.07, 6.45) is 5.38. The van der Waals surface area contributed by atoms with Crippen LogP contribution in [0.2, 0.25) is 0 Å². The van der Waals surface area contributed by atoms with E-state index in [-0.39, 0.29) is 11.8 Å². The molecule has 0 unspecified atom stereocenters. The van der Waals surface area contributed by atoms with Gasteiger partial charge in [-0.2, -0.15) is 0 Å². The standard InChI is InChI=1S/C17H25N3O2/c1-13(2)7-10-19-16(22)17(3)8-6-15(21)20(17)12-14-5-4-9-18-11-14/h4-5,9,11,13H,6-8,10,12H2,1-3H3,(H,19,22)/t17-/m0/s1. The second kappa shape index (κ2) is 6.90. The smallest absolute Gasteiger partial charge is 0.245 e. The van der Waals surface area contributed by atoms with Crippen molar-refractivity contribution < 1.29 is 9.59 Å². The van der Waals surface area contributed by atoms with Gasteiger partial charge in [0.2, 0.25) is 11.8 Å². The van der Waals surface area contributed by atoms with Gasteiger partial charge in [-0.25, -0.2) is 0 Å². The molecule has 0 saturated carbocycles. The van der Waals surface area contributed by atoms with Crippen molar-refractivity contribution in [3.8, 4) is 0 Å². The molecule has 2 amide bonds. The highest BCUT2D eigenvalue weighted by atomic mass is 16.2. The molecule has 1 N–H and O–H groups in total. The number of nitrogens with zero attached hydrogens (tertiary/aromatic N) is 2. The number of amides is 2. The van der Waals surface area contributed by atoms with E-state index in [0.29, 0.717) is 31.8 Å². The topological polar surface area (TPSA) is 62.3 Å². The summed E-state index contributed by atoms with van der Waals surface area (Å²) in [7, 11) is 0. The van der Waals surface area contributed by atoms with Crippen LogP contribution in [0.3, 0.4) is 0 Å². The minimum atomic E-state index is -0.760. The summed E-state index contributed by atoms with van der Waals surface area (Å²) >= 11 is 0. The molecule has 1 aliphatic rings. The van der Waals surface area contributed by atoms with Gasteiger partial charge in [0.05, 0.1) is 0 Å². The minimum Gasteiger partial charge on any atom is -0.354 e. The van der Waals surface area contributed by atoms with Crippen LogP contribution in [0.4, 0.5) is 0 Å². The molecule has 1 saturated heterocycles. The lowest BCUT2D eigenvalue weighted by Gasteiger charge is -2.34. The van der Waals surface area contributed by atoms with Crippen LogP contribution in [0.25, 0.3) is 0 Å². The number of rotatable bonds is 6. The van der Waals surface area contributed by atoms with Gasteiger partial charge in [0.1, 0.15) is 5.54 Å². The van der Waals surface area contributed by atoms with Crippen molar-refractivity contribution in [2.75, 3.05) is 6.54 Å². The molecule has 0 bridgehead atoms. The van der Waals surface area contributed by atoms with E-state index in [1.165, 1.54) is 0 Å². The first-order valence-electron chi connectivity index (χ1n) is 7.91. The molecule has 22 heavy (non-hydrogen) atoms. The van der Waals surface area contributed by atoms with Crippen LogP contribution in [0.15, 0.2) is 24.5 Å². The van der Waals surface area contributed by atoms with E-state index in [2.05, 4.69) is 24.1 Å². The van der Waals surface area contributed by atoms with Crippen molar-refractivity contribution in [2.24, 2.45) is 5.92 Å². The highest BCUT2D eigenvalue weighted by Crippen LogP contribution is 2.31. The number of carbonyl (C=O) groups excluding carboxylic acids is 2. The maximum Gasteiger partial charge on any atom is 0.245 e. The lowest BCUT2D eigenvalue weighted by molar-refractivity contribution is -0.141. The molecule has 2 rings (SSSR count). The van der Waals surface area contributed by atoms with Crippen LogP contribution in [-0.4, -0.2) is 33.8 Å². The fourth-order valence-electron chi connectivity index (χ4n) is 2.73. The van der Waals surface area contributed by atoms with E-state index in [9.17, 15) is 9.59 Å². The molecule has 120 valence electrons. The largest absolute Gasteiger partial charge is 0.354 e. The van der Waals surface area contributed by atoms with Gasteiger partial charge in [0, 0.05) is 31.9 Å². The summed E-state index contributed by atoms with van der Waals surface area (Å²) in [5, 5.41) is 2.98. The zero-order valence-corrected chi connectivity index (χ0v) is 13.6. The number of hydrogen-bond acceptors (Lipinski definition) is 3. The Bertz CT molecular complexity index is 530. The maximum atomic E-state index is 12.6. The molecular formula is C17H25N3O2. The van der Waals surface area contributed by atoms with Crippen LogP contribution >= 0.6 is 0 Å². The number of aromatic nitrogens is 1. The first kappa shape index (κ1) is 16.5. The van der Waals surface area contributed by atoms with Gasteiger partial charge in [-0.15, -0.1) is 0 Å². The Hall–Kier alpha value is -1.91. The van der Waals surface area contributed by atoms with E-state index in [1.54, 1.807) is 17.3 Å². The number of nitrogens with one attached hydrogen (secondary N) is 1. The molecule has 0 aromatic carbocycles. The van der Waals surface area contributed by atoms with Gasteiger partial charge in [-0.05, 0) is 37.3 Å². The highest BCUT2D eigenvalue weighted by Gasteiger charge is 2.46. The number of carbonyl (C=O) groups is 2. The van der Waals surface area contributed by atoms with E-state index >= 15 is 0 Å². The van der Waals surface area contributed by atoms with Gasteiger partial charge < -0.3 is 10.2 Å². The second-order valence-electron chi connectivity index (χ2n) is 6.55. The lowest BCUT2D eigenvalue weighted by atomic mass is 9.97. The summed E-state index contributed by atoms with van der Waals surface area (Å²) in [5.41, 5.74) is 0.183. The van der Waals surface area contributed by atoms with E-state index in [4.69, 9.17) is 0 Å². The van der Waals surface area contributed by atoms with E-state index in [1.807, 2.05) is 19.1 Å². The Morgan fingerprint density at radius 3 is 2.91 bits per heavy atom. The zero-order valence-electron chi connectivity index (χ0n) is 13.6. The second-order valence-corrected chi connectivity index (χ2v) is 6.55. The lowest BCUT2D eigenvalue weighted by Crippen LogP contribution is -2.54. The van der Waals surface area contributed by atoms with Crippen LogP contribution < -0.4 is 5.32 Å². The first-order valence-corrected chi connectivity index (χ1v) is 7.91. The molecule has 1 atom stereocenters. The van der Waals surface area contributed by atoms with Crippen molar-refractivity contribution >= 4 is 11.8 Å². The predicted molar refractivity (Wildman–Crippen MR) is 84.9 cm³/mol. The van der Waals surface area contributed by atoms with Gasteiger partial charge in [0.15, 0.2) is 0 Å². The highest BCUT2D eigenvalue weighted by molar-refractivity contribution is 5.94. The third kappa shape index (κ3) is 3.64. The summed E-state index contributed by atoms with van der Waals surface area (Å²) in [4.78, 5) is 30.5. The van der Waals surface area contributed by atoms with Crippen molar-refractivity contribution in [1.82, 2.24) is 15.2 Å². The molecule has 1 aromatic heterocycles. The summed E-state index contributed by atoms with van der Waals surface area (Å²) in [6, 6.07) is 3.77. The quantitative estimate of drug-likeness (QED) is 0.875. The predicted octanol–water partition coefficient (Wildman–Crippen LogP) is 2.12. The summed E-state index contributed by atoms with van der Waals surface area (Å²) in [6.45, 7) is 7.20. The Morgan fingerprint density at radius 1 is 1.50 bits per heavy atom. The van der Waals surface area contributed by atoms with Crippen LogP contribution in [-0.2, 0) is 16.1 Å². The Labute approximate surface area is 132 Å². The summed E-state index contributed by atoms with van der Waals surface area (Å²) < 4.78 is 0. The van der Waals surface area contributed by atoms with Crippen molar-refractivity contribution in [1.29, 1.82) is 0 Å². The number of likely N-dealkylation sites (tertiary alicyclic amines) is 1. The number of hydrogen-bond donors (Lipinski definition) is 1. The molecule has 1 fully saturated rings. The van der Waals surface area contributed by atoms with Gasteiger partial charge in [0.25, 0.3) is 0 Å². The van der Waals surface area contributed by atoms with Crippen LogP contribution in [0.5, 0.6) is 0 Å². The monoisotopic (exact) mass is 303 g/mol. The maximum absolute atomic E-state index is 12.6. The molecule has 2 heterocycles. The van der Waals surface area contributed by atoms with Crippen molar-refractivity contribution in [2.45, 2.75) is 52.1 Å². The Morgan fingerprint density at radius 2 is 2.27 bits per heavy atom. The third-order valence-electron chi connectivity index (χ3n) is 4.28.